The van der Waals surface area contributed by atoms with Crippen molar-refractivity contribution in [3.05, 3.63) is 63.9 Å². The fraction of sp³-hybridized carbons (Fsp3) is 0. The summed E-state index contributed by atoms with van der Waals surface area (Å²) in [6.07, 6.45) is 0. The maximum atomic E-state index is 13.5. The van der Waals surface area contributed by atoms with Gasteiger partial charge in [-0.3, -0.25) is 0 Å². The minimum absolute atomic E-state index is 0.000854. The zero-order valence-corrected chi connectivity index (χ0v) is 12.0. The number of carbonyl (C=O) groups is 1. The number of hydrogen-bond acceptors (Lipinski definition) is 4. The van der Waals surface area contributed by atoms with Crippen LogP contribution in [-0.4, -0.2) is 16.8 Å². The molecule has 1 heterocycles. The van der Waals surface area contributed by atoms with Gasteiger partial charge in [-0.15, -0.1) is 0 Å². The van der Waals surface area contributed by atoms with Gasteiger partial charge in [0.15, 0.2) is 5.84 Å². The van der Waals surface area contributed by atoms with E-state index in [1.807, 2.05) is 0 Å². The molecule has 0 radical (unpaired) electrons. The Morgan fingerprint density at radius 2 is 2.05 bits per heavy atom. The minimum atomic E-state index is -1.03. The van der Waals surface area contributed by atoms with Crippen molar-refractivity contribution < 1.29 is 18.4 Å². The number of nitrogens with two attached hydrogens (primary N) is 1. The normalized spacial score (nSPS) is 11.3. The van der Waals surface area contributed by atoms with Gasteiger partial charge < -0.3 is 10.6 Å². The number of aromatic nitrogens is 1. The molecule has 2 aromatic rings. The van der Waals surface area contributed by atoms with Crippen LogP contribution in [0.5, 0.6) is 0 Å². The van der Waals surface area contributed by atoms with Gasteiger partial charge in [-0.05, 0) is 30.3 Å². The van der Waals surface area contributed by atoms with Gasteiger partial charge in [0.25, 0.3) is 0 Å². The average molecular weight is 356 g/mol. The molecule has 2 N–H and O–H groups in total. The number of hydrogen-bond donors (Lipinski definition) is 1. The van der Waals surface area contributed by atoms with E-state index in [1.54, 1.807) is 0 Å². The Hall–Kier alpha value is -2.35. The number of benzene rings is 1. The lowest BCUT2D eigenvalue weighted by molar-refractivity contribution is 0.0510. The molecule has 1 aromatic carbocycles. The molecule has 0 aliphatic carbocycles. The van der Waals surface area contributed by atoms with Gasteiger partial charge in [0.05, 0.1) is 5.56 Å². The zero-order valence-electron chi connectivity index (χ0n) is 10.4. The minimum Gasteiger partial charge on any atom is -0.379 e. The van der Waals surface area contributed by atoms with Crippen molar-refractivity contribution in [2.75, 3.05) is 0 Å². The lowest BCUT2D eigenvalue weighted by Gasteiger charge is -2.02. The summed E-state index contributed by atoms with van der Waals surface area (Å²) in [6.45, 7) is 0. The molecule has 0 aliphatic heterocycles. The first-order chi connectivity index (χ1) is 9.97. The predicted molar refractivity (Wildman–Crippen MR) is 74.4 cm³/mol. The van der Waals surface area contributed by atoms with Crippen molar-refractivity contribution in [1.29, 1.82) is 0 Å². The molecule has 0 bridgehead atoms. The third kappa shape index (κ3) is 3.82. The van der Waals surface area contributed by atoms with E-state index < -0.39 is 17.7 Å². The highest BCUT2D eigenvalue weighted by atomic mass is 79.9. The summed E-state index contributed by atoms with van der Waals surface area (Å²) in [5.41, 5.74) is 5.19. The summed E-state index contributed by atoms with van der Waals surface area (Å²) < 4.78 is 26.9. The lowest BCUT2D eigenvalue weighted by Crippen LogP contribution is -2.17. The average Bonchev–Trinajstić information content (AvgIpc) is 2.44. The molecule has 8 heteroatoms. The lowest BCUT2D eigenvalue weighted by atomic mass is 10.2. The van der Waals surface area contributed by atoms with Crippen LogP contribution in [-0.2, 0) is 4.84 Å². The maximum Gasteiger partial charge on any atom is 0.368 e. The quantitative estimate of drug-likeness (QED) is 0.302. The van der Waals surface area contributed by atoms with Gasteiger partial charge in [-0.1, -0.05) is 27.2 Å². The summed E-state index contributed by atoms with van der Waals surface area (Å²) in [6, 6.07) is 7.69. The van der Waals surface area contributed by atoms with Gasteiger partial charge in [-0.25, -0.2) is 14.2 Å². The number of halogens is 3. The second kappa shape index (κ2) is 6.40. The Balaban J connectivity index is 2.14. The molecule has 0 atom stereocenters. The highest BCUT2D eigenvalue weighted by Crippen LogP contribution is 2.16. The SMILES string of the molecule is N/C(=N\OC(=O)c1ccc(Br)cc1F)c1cccc(F)n1. The monoisotopic (exact) mass is 355 g/mol. The van der Waals surface area contributed by atoms with E-state index in [-0.39, 0.29) is 17.1 Å². The van der Waals surface area contributed by atoms with Crippen LogP contribution in [0.15, 0.2) is 46.0 Å². The van der Waals surface area contributed by atoms with Gasteiger partial charge in [-0.2, -0.15) is 4.39 Å². The van der Waals surface area contributed by atoms with Crippen molar-refractivity contribution in [3.63, 3.8) is 0 Å². The van der Waals surface area contributed by atoms with E-state index in [0.717, 1.165) is 12.1 Å². The molecule has 0 fully saturated rings. The second-order valence-electron chi connectivity index (χ2n) is 3.82. The molecule has 0 unspecified atom stereocenters. The van der Waals surface area contributed by atoms with Crippen LogP contribution in [0.3, 0.4) is 0 Å². The topological polar surface area (TPSA) is 77.6 Å². The van der Waals surface area contributed by atoms with Crippen molar-refractivity contribution in [2.45, 2.75) is 0 Å². The first-order valence-corrected chi connectivity index (χ1v) is 6.39. The van der Waals surface area contributed by atoms with E-state index in [1.165, 1.54) is 24.3 Å². The van der Waals surface area contributed by atoms with Crippen LogP contribution in [0, 0.1) is 11.8 Å². The molecular weight excluding hydrogens is 348 g/mol. The Morgan fingerprint density at radius 3 is 2.71 bits per heavy atom. The predicted octanol–water partition coefficient (Wildman–Crippen LogP) is 2.60. The largest absolute Gasteiger partial charge is 0.379 e. The summed E-state index contributed by atoms with van der Waals surface area (Å²) in [5.74, 6) is -2.86. The molecule has 0 saturated carbocycles. The van der Waals surface area contributed by atoms with Crippen LogP contribution in [0.2, 0.25) is 0 Å². The van der Waals surface area contributed by atoms with Crippen molar-refractivity contribution in [1.82, 2.24) is 4.98 Å². The van der Waals surface area contributed by atoms with E-state index >= 15 is 0 Å². The standard InChI is InChI=1S/C13H8BrF2N3O2/c14-7-4-5-8(9(15)6-7)13(20)21-19-12(17)10-2-1-3-11(16)18-10/h1-6H,(H2,17,19). The second-order valence-corrected chi connectivity index (χ2v) is 4.74. The first kappa shape index (κ1) is 15.0. The third-order valence-electron chi connectivity index (χ3n) is 2.36. The fourth-order valence-corrected chi connectivity index (χ4v) is 1.73. The van der Waals surface area contributed by atoms with Crippen LogP contribution in [0.4, 0.5) is 8.78 Å². The Labute approximate surface area is 126 Å². The number of amidine groups is 1. The molecule has 1 aromatic heterocycles. The van der Waals surface area contributed by atoms with Gasteiger partial charge >= 0.3 is 5.97 Å². The summed E-state index contributed by atoms with van der Waals surface area (Å²) in [7, 11) is 0. The van der Waals surface area contributed by atoms with Gasteiger partial charge in [0.2, 0.25) is 5.95 Å². The number of rotatable bonds is 3. The van der Waals surface area contributed by atoms with Crippen LogP contribution in [0.1, 0.15) is 16.1 Å². The fourth-order valence-electron chi connectivity index (χ4n) is 1.39. The van der Waals surface area contributed by atoms with E-state index in [4.69, 9.17) is 5.73 Å². The zero-order chi connectivity index (χ0) is 15.4. The Bertz CT molecular complexity index is 722. The van der Waals surface area contributed by atoms with Gasteiger partial charge in [0.1, 0.15) is 11.5 Å². The molecule has 108 valence electrons. The first-order valence-electron chi connectivity index (χ1n) is 5.60. The Kier molecular flexibility index (Phi) is 4.59. The van der Waals surface area contributed by atoms with Crippen molar-refractivity contribution in [2.24, 2.45) is 10.9 Å². The highest BCUT2D eigenvalue weighted by molar-refractivity contribution is 9.10. The highest BCUT2D eigenvalue weighted by Gasteiger charge is 2.14. The number of pyridine rings is 1. The van der Waals surface area contributed by atoms with Crippen LogP contribution < -0.4 is 5.73 Å². The summed E-state index contributed by atoms with van der Waals surface area (Å²) in [4.78, 5) is 19.6. The Morgan fingerprint density at radius 1 is 1.29 bits per heavy atom. The molecular formula is C13H8BrF2N3O2. The molecule has 0 amide bonds. The molecule has 5 nitrogen and oxygen atoms in total. The molecule has 2 rings (SSSR count). The van der Waals surface area contributed by atoms with Crippen LogP contribution in [0.25, 0.3) is 0 Å². The van der Waals surface area contributed by atoms with Crippen molar-refractivity contribution >= 4 is 27.7 Å². The van der Waals surface area contributed by atoms with E-state index in [2.05, 4.69) is 30.9 Å². The summed E-state index contributed by atoms with van der Waals surface area (Å²) in [5, 5.41) is 3.31. The molecule has 0 saturated heterocycles. The number of carbonyl (C=O) groups excluding carboxylic acids is 1. The van der Waals surface area contributed by atoms with Crippen molar-refractivity contribution in [3.8, 4) is 0 Å². The van der Waals surface area contributed by atoms with E-state index in [9.17, 15) is 13.6 Å². The number of nitrogens with zero attached hydrogens (tertiary/aromatic N) is 2. The van der Waals surface area contributed by atoms with E-state index in [0.29, 0.717) is 4.47 Å². The third-order valence-corrected chi connectivity index (χ3v) is 2.85. The summed E-state index contributed by atoms with van der Waals surface area (Å²) >= 11 is 3.06. The number of oxime groups is 1. The molecule has 0 aliphatic rings. The smallest absolute Gasteiger partial charge is 0.368 e. The van der Waals surface area contributed by atoms with Gasteiger partial charge in [0, 0.05) is 4.47 Å². The molecule has 0 spiro atoms. The van der Waals surface area contributed by atoms with Crippen LogP contribution >= 0.6 is 15.9 Å². The maximum absolute atomic E-state index is 13.5. The molecule has 21 heavy (non-hydrogen) atoms.